The van der Waals surface area contributed by atoms with E-state index in [0.29, 0.717) is 25.9 Å². The van der Waals surface area contributed by atoms with E-state index in [1.54, 1.807) is 0 Å². The van der Waals surface area contributed by atoms with E-state index in [1.165, 1.54) is 0 Å². The molecule has 0 spiro atoms. The maximum absolute atomic E-state index is 12.1. The molecule has 1 aliphatic rings. The summed E-state index contributed by atoms with van der Waals surface area (Å²) in [6.07, 6.45) is 3.31. The van der Waals surface area contributed by atoms with Crippen LogP contribution in [-0.2, 0) is 9.59 Å². The Hall–Kier alpha value is -1.10. The molecule has 0 saturated carbocycles. The summed E-state index contributed by atoms with van der Waals surface area (Å²) in [6.45, 7) is 7.39. The number of carbonyl (C=O) groups excluding carboxylic acids is 1. The van der Waals surface area contributed by atoms with Crippen molar-refractivity contribution in [3.63, 3.8) is 0 Å². The number of carbonyl (C=O) groups is 2. The number of amides is 1. The molecular weight excluding hydrogens is 244 g/mol. The van der Waals surface area contributed by atoms with Crippen molar-refractivity contribution >= 4 is 11.9 Å². The SMILES string of the molecule is CCCC(C)NC(=O)C(C)N1CCC(C(=O)O)CC1. The first-order chi connectivity index (χ1) is 8.95. The summed E-state index contributed by atoms with van der Waals surface area (Å²) in [5, 5.41) is 12.0. The van der Waals surface area contributed by atoms with E-state index in [0.717, 1.165) is 12.8 Å². The fourth-order valence-electron chi connectivity index (χ4n) is 2.57. The van der Waals surface area contributed by atoms with Crippen LogP contribution in [0.25, 0.3) is 0 Å². The van der Waals surface area contributed by atoms with Crippen molar-refractivity contribution in [2.75, 3.05) is 13.1 Å². The van der Waals surface area contributed by atoms with E-state index in [-0.39, 0.29) is 23.9 Å². The average Bonchev–Trinajstić information content (AvgIpc) is 2.38. The van der Waals surface area contributed by atoms with Gasteiger partial charge in [-0.2, -0.15) is 0 Å². The third kappa shape index (κ3) is 4.82. The molecule has 110 valence electrons. The Balaban J connectivity index is 2.39. The number of carboxylic acid groups (broad SMARTS) is 1. The summed E-state index contributed by atoms with van der Waals surface area (Å²) >= 11 is 0. The molecule has 1 saturated heterocycles. The van der Waals surface area contributed by atoms with Gasteiger partial charge >= 0.3 is 5.97 Å². The van der Waals surface area contributed by atoms with Crippen molar-refractivity contribution < 1.29 is 14.7 Å². The summed E-state index contributed by atoms with van der Waals surface area (Å²) in [6, 6.07) is 0.0329. The molecule has 1 amide bonds. The molecule has 19 heavy (non-hydrogen) atoms. The van der Waals surface area contributed by atoms with Gasteiger partial charge in [-0.15, -0.1) is 0 Å². The lowest BCUT2D eigenvalue weighted by Crippen LogP contribution is -2.50. The summed E-state index contributed by atoms with van der Waals surface area (Å²) < 4.78 is 0. The smallest absolute Gasteiger partial charge is 0.306 e. The molecule has 1 rings (SSSR count). The highest BCUT2D eigenvalue weighted by molar-refractivity contribution is 5.81. The van der Waals surface area contributed by atoms with Crippen LogP contribution >= 0.6 is 0 Å². The first-order valence-corrected chi connectivity index (χ1v) is 7.23. The predicted molar refractivity (Wildman–Crippen MR) is 73.9 cm³/mol. The molecule has 0 aliphatic carbocycles. The normalized spacial score (nSPS) is 20.8. The number of piperidine rings is 1. The molecular formula is C14H26N2O3. The molecule has 0 aromatic heterocycles. The topological polar surface area (TPSA) is 69.6 Å². The van der Waals surface area contributed by atoms with E-state index in [1.807, 2.05) is 13.8 Å². The van der Waals surface area contributed by atoms with Gasteiger partial charge in [0, 0.05) is 6.04 Å². The van der Waals surface area contributed by atoms with Crippen LogP contribution in [0.4, 0.5) is 0 Å². The first-order valence-electron chi connectivity index (χ1n) is 7.23. The Labute approximate surface area is 115 Å². The minimum atomic E-state index is -0.715. The lowest BCUT2D eigenvalue weighted by molar-refractivity contribution is -0.143. The zero-order valence-corrected chi connectivity index (χ0v) is 12.2. The minimum Gasteiger partial charge on any atom is -0.481 e. The fraction of sp³-hybridized carbons (Fsp3) is 0.857. The minimum absolute atomic E-state index is 0.0507. The van der Waals surface area contributed by atoms with Crippen molar-refractivity contribution in [2.45, 2.75) is 58.5 Å². The van der Waals surface area contributed by atoms with E-state index in [9.17, 15) is 9.59 Å². The largest absolute Gasteiger partial charge is 0.481 e. The highest BCUT2D eigenvalue weighted by Crippen LogP contribution is 2.19. The molecule has 2 N–H and O–H groups in total. The Kier molecular flexibility index (Phi) is 6.28. The van der Waals surface area contributed by atoms with Crippen LogP contribution < -0.4 is 5.32 Å². The highest BCUT2D eigenvalue weighted by Gasteiger charge is 2.29. The van der Waals surface area contributed by atoms with Gasteiger partial charge in [0.05, 0.1) is 12.0 Å². The Morgan fingerprint density at radius 2 is 1.89 bits per heavy atom. The van der Waals surface area contributed by atoms with Gasteiger partial charge in [-0.25, -0.2) is 0 Å². The molecule has 5 heteroatoms. The van der Waals surface area contributed by atoms with Crippen LogP contribution in [0.2, 0.25) is 0 Å². The van der Waals surface area contributed by atoms with Crippen molar-refractivity contribution in [2.24, 2.45) is 5.92 Å². The Morgan fingerprint density at radius 3 is 2.37 bits per heavy atom. The molecule has 5 nitrogen and oxygen atoms in total. The Bertz CT molecular complexity index is 312. The monoisotopic (exact) mass is 270 g/mol. The number of hydrogen-bond acceptors (Lipinski definition) is 3. The van der Waals surface area contributed by atoms with Crippen LogP contribution in [0.15, 0.2) is 0 Å². The van der Waals surface area contributed by atoms with Crippen molar-refractivity contribution in [3.05, 3.63) is 0 Å². The number of hydrogen-bond donors (Lipinski definition) is 2. The number of likely N-dealkylation sites (tertiary alicyclic amines) is 1. The quantitative estimate of drug-likeness (QED) is 0.767. The van der Waals surface area contributed by atoms with E-state index in [4.69, 9.17) is 5.11 Å². The summed E-state index contributed by atoms with van der Waals surface area (Å²) in [7, 11) is 0. The van der Waals surface area contributed by atoms with Crippen LogP contribution in [-0.4, -0.2) is 47.1 Å². The van der Waals surface area contributed by atoms with Gasteiger partial charge in [0.15, 0.2) is 0 Å². The zero-order valence-electron chi connectivity index (χ0n) is 12.2. The molecule has 1 heterocycles. The maximum Gasteiger partial charge on any atom is 0.306 e. The van der Waals surface area contributed by atoms with Crippen LogP contribution in [0, 0.1) is 5.92 Å². The number of rotatable bonds is 6. The third-order valence-electron chi connectivity index (χ3n) is 3.92. The summed E-state index contributed by atoms with van der Waals surface area (Å²) in [4.78, 5) is 25.0. The molecule has 0 radical (unpaired) electrons. The van der Waals surface area contributed by atoms with Crippen LogP contribution in [0.1, 0.15) is 46.5 Å². The van der Waals surface area contributed by atoms with Gasteiger partial charge in [-0.1, -0.05) is 13.3 Å². The predicted octanol–water partition coefficient (Wildman–Crippen LogP) is 1.48. The zero-order chi connectivity index (χ0) is 14.4. The van der Waals surface area contributed by atoms with Crippen molar-refractivity contribution in [3.8, 4) is 0 Å². The molecule has 2 atom stereocenters. The first kappa shape index (κ1) is 16.0. The summed E-state index contributed by atoms with van der Waals surface area (Å²) in [5.74, 6) is -0.909. The fourth-order valence-corrected chi connectivity index (χ4v) is 2.57. The lowest BCUT2D eigenvalue weighted by Gasteiger charge is -2.34. The lowest BCUT2D eigenvalue weighted by atomic mass is 9.96. The van der Waals surface area contributed by atoms with Gasteiger partial charge in [0.2, 0.25) is 5.91 Å². The van der Waals surface area contributed by atoms with Gasteiger partial charge in [-0.3, -0.25) is 14.5 Å². The van der Waals surface area contributed by atoms with Crippen LogP contribution in [0.5, 0.6) is 0 Å². The standard InChI is InChI=1S/C14H26N2O3/c1-4-5-10(2)15-13(17)11(3)16-8-6-12(7-9-16)14(18)19/h10-12H,4-9H2,1-3H3,(H,15,17)(H,18,19). The second-order valence-electron chi connectivity index (χ2n) is 5.52. The number of nitrogens with one attached hydrogen (secondary N) is 1. The van der Waals surface area contributed by atoms with Gasteiger partial charge in [-0.05, 0) is 46.2 Å². The average molecular weight is 270 g/mol. The maximum atomic E-state index is 12.1. The van der Waals surface area contributed by atoms with E-state index in [2.05, 4.69) is 17.1 Å². The second-order valence-corrected chi connectivity index (χ2v) is 5.52. The summed E-state index contributed by atoms with van der Waals surface area (Å²) in [5.41, 5.74) is 0. The molecule has 1 aliphatic heterocycles. The molecule has 2 unspecified atom stereocenters. The van der Waals surface area contributed by atoms with Crippen molar-refractivity contribution in [1.29, 1.82) is 0 Å². The third-order valence-corrected chi connectivity index (χ3v) is 3.92. The van der Waals surface area contributed by atoms with Gasteiger partial charge in [0.25, 0.3) is 0 Å². The van der Waals surface area contributed by atoms with Crippen molar-refractivity contribution in [1.82, 2.24) is 10.2 Å². The van der Waals surface area contributed by atoms with E-state index < -0.39 is 5.97 Å². The van der Waals surface area contributed by atoms with E-state index >= 15 is 0 Å². The Morgan fingerprint density at radius 1 is 1.32 bits per heavy atom. The highest BCUT2D eigenvalue weighted by atomic mass is 16.4. The number of aliphatic carboxylic acids is 1. The molecule has 0 bridgehead atoms. The van der Waals surface area contributed by atoms with Crippen LogP contribution in [0.3, 0.4) is 0 Å². The molecule has 1 fully saturated rings. The molecule has 0 aromatic rings. The van der Waals surface area contributed by atoms with Gasteiger partial charge < -0.3 is 10.4 Å². The van der Waals surface area contributed by atoms with Gasteiger partial charge in [0.1, 0.15) is 0 Å². The second kappa shape index (κ2) is 7.48. The number of carboxylic acids is 1. The number of nitrogens with zero attached hydrogens (tertiary/aromatic N) is 1. The molecule has 0 aromatic carbocycles.